The van der Waals surface area contributed by atoms with Crippen molar-refractivity contribution in [2.45, 2.75) is 0 Å². The van der Waals surface area contributed by atoms with Crippen LogP contribution in [0.15, 0.2) is 72.4 Å². The second-order valence-corrected chi connectivity index (χ2v) is 6.73. The number of benzene rings is 3. The normalized spacial score (nSPS) is 14.8. The molecule has 7 nitrogen and oxygen atoms in total. The average molecular weight is 401 g/mol. The number of rotatable bonds is 5. The molecule has 1 aliphatic rings. The lowest BCUT2D eigenvalue weighted by molar-refractivity contribution is -0.127. The largest absolute Gasteiger partial charge is 0.497 e. The van der Waals surface area contributed by atoms with Crippen LogP contribution in [0.4, 0.5) is 10.5 Å². The topological polar surface area (TPSA) is 87.7 Å². The van der Waals surface area contributed by atoms with Crippen molar-refractivity contribution in [3.05, 3.63) is 78.0 Å². The fraction of sp³-hybridized carbons (Fsp3) is 0.0870. The Morgan fingerprint density at radius 3 is 2.53 bits per heavy atom. The van der Waals surface area contributed by atoms with Crippen molar-refractivity contribution in [3.8, 4) is 5.75 Å². The summed E-state index contributed by atoms with van der Waals surface area (Å²) in [6.07, 6.45) is 1.56. The van der Waals surface area contributed by atoms with Gasteiger partial charge in [-0.3, -0.25) is 9.59 Å². The highest BCUT2D eigenvalue weighted by molar-refractivity contribution is 6.16. The molecule has 0 radical (unpaired) electrons. The molecule has 2 N–H and O–H groups in total. The van der Waals surface area contributed by atoms with Crippen molar-refractivity contribution in [2.24, 2.45) is 0 Å². The summed E-state index contributed by atoms with van der Waals surface area (Å²) in [6.45, 7) is -0.381. The third kappa shape index (κ3) is 3.86. The molecule has 4 rings (SSSR count). The number of nitrogens with one attached hydrogen (secondary N) is 2. The minimum Gasteiger partial charge on any atom is -0.497 e. The standard InChI is InChI=1S/C23H19N3O4/c1-30-17-11-9-15(10-12-17)13-20-22(28)26(23(29)25-20)14-21(27)24-19-8-4-6-16-5-2-3-7-18(16)19/h2-13H,14H2,1H3,(H,24,27)(H,25,29)/b20-13-. The molecule has 0 bridgehead atoms. The number of ether oxygens (including phenoxy) is 1. The predicted octanol–water partition coefficient (Wildman–Crippen LogP) is 3.38. The van der Waals surface area contributed by atoms with Gasteiger partial charge < -0.3 is 15.4 Å². The summed E-state index contributed by atoms with van der Waals surface area (Å²) in [6, 6.07) is 19.6. The summed E-state index contributed by atoms with van der Waals surface area (Å²) in [4.78, 5) is 38.3. The number of hydrogen-bond donors (Lipinski definition) is 2. The van der Waals surface area contributed by atoms with Crippen LogP contribution in [0.3, 0.4) is 0 Å². The maximum atomic E-state index is 12.6. The van der Waals surface area contributed by atoms with Gasteiger partial charge in [0.15, 0.2) is 0 Å². The van der Waals surface area contributed by atoms with Gasteiger partial charge >= 0.3 is 6.03 Å². The van der Waals surface area contributed by atoms with Crippen LogP contribution < -0.4 is 15.4 Å². The predicted molar refractivity (Wildman–Crippen MR) is 114 cm³/mol. The van der Waals surface area contributed by atoms with Crippen LogP contribution in [0.1, 0.15) is 5.56 Å². The number of imide groups is 1. The Bertz CT molecular complexity index is 1160. The summed E-state index contributed by atoms with van der Waals surface area (Å²) in [5.41, 5.74) is 1.46. The summed E-state index contributed by atoms with van der Waals surface area (Å²) in [5.74, 6) is -0.324. The van der Waals surface area contributed by atoms with Gasteiger partial charge in [0.1, 0.15) is 18.0 Å². The first kappa shape index (κ1) is 19.2. The van der Waals surface area contributed by atoms with E-state index in [0.717, 1.165) is 21.2 Å². The number of nitrogens with zero attached hydrogens (tertiary/aromatic N) is 1. The van der Waals surface area contributed by atoms with E-state index < -0.39 is 17.8 Å². The van der Waals surface area contributed by atoms with Gasteiger partial charge in [0.05, 0.1) is 7.11 Å². The van der Waals surface area contributed by atoms with Gasteiger partial charge in [0.25, 0.3) is 5.91 Å². The molecule has 1 heterocycles. The number of carbonyl (C=O) groups excluding carboxylic acids is 3. The quantitative estimate of drug-likeness (QED) is 0.507. The number of anilines is 1. The molecule has 0 unspecified atom stereocenters. The van der Waals surface area contributed by atoms with Gasteiger partial charge in [-0.1, -0.05) is 48.5 Å². The SMILES string of the molecule is COc1ccc(/C=C2\NC(=O)N(CC(=O)Nc3cccc4ccccc34)C2=O)cc1. The highest BCUT2D eigenvalue weighted by Gasteiger charge is 2.34. The van der Waals surface area contributed by atoms with Crippen molar-refractivity contribution in [1.82, 2.24) is 10.2 Å². The first-order valence-corrected chi connectivity index (χ1v) is 9.31. The molecular formula is C23H19N3O4. The lowest BCUT2D eigenvalue weighted by Crippen LogP contribution is -2.38. The zero-order valence-corrected chi connectivity index (χ0v) is 16.2. The van der Waals surface area contributed by atoms with E-state index >= 15 is 0 Å². The highest BCUT2D eigenvalue weighted by Crippen LogP contribution is 2.23. The van der Waals surface area contributed by atoms with Gasteiger partial charge in [-0.15, -0.1) is 0 Å². The molecule has 7 heteroatoms. The molecule has 1 aliphatic heterocycles. The van der Waals surface area contributed by atoms with E-state index in [-0.39, 0.29) is 12.2 Å². The number of carbonyl (C=O) groups is 3. The average Bonchev–Trinajstić information content (AvgIpc) is 3.02. The molecule has 30 heavy (non-hydrogen) atoms. The molecule has 0 saturated carbocycles. The lowest BCUT2D eigenvalue weighted by Gasteiger charge is -2.13. The zero-order chi connectivity index (χ0) is 21.1. The summed E-state index contributed by atoms with van der Waals surface area (Å²) in [7, 11) is 1.56. The molecule has 150 valence electrons. The van der Waals surface area contributed by atoms with Crippen LogP contribution >= 0.6 is 0 Å². The van der Waals surface area contributed by atoms with Crippen molar-refractivity contribution in [2.75, 3.05) is 19.0 Å². The number of urea groups is 1. The van der Waals surface area contributed by atoms with Crippen molar-refractivity contribution in [1.29, 1.82) is 0 Å². The number of hydrogen-bond acceptors (Lipinski definition) is 4. The Balaban J connectivity index is 1.47. The molecule has 0 spiro atoms. The molecule has 0 atom stereocenters. The molecule has 3 aromatic carbocycles. The Morgan fingerprint density at radius 2 is 1.77 bits per heavy atom. The van der Waals surface area contributed by atoms with E-state index in [0.29, 0.717) is 11.4 Å². The van der Waals surface area contributed by atoms with Gasteiger partial charge in [0, 0.05) is 11.1 Å². The van der Waals surface area contributed by atoms with E-state index in [1.807, 2.05) is 36.4 Å². The van der Waals surface area contributed by atoms with E-state index in [1.165, 1.54) is 0 Å². The second-order valence-electron chi connectivity index (χ2n) is 6.73. The molecule has 1 fully saturated rings. The second kappa shape index (κ2) is 8.08. The van der Waals surface area contributed by atoms with E-state index in [4.69, 9.17) is 4.74 Å². The van der Waals surface area contributed by atoms with Crippen LogP contribution in [-0.2, 0) is 9.59 Å². The minimum absolute atomic E-state index is 0.114. The first-order chi connectivity index (χ1) is 14.5. The van der Waals surface area contributed by atoms with Crippen molar-refractivity contribution >= 4 is 40.4 Å². The monoisotopic (exact) mass is 401 g/mol. The number of fused-ring (bicyclic) bond motifs is 1. The smallest absolute Gasteiger partial charge is 0.329 e. The van der Waals surface area contributed by atoms with E-state index in [9.17, 15) is 14.4 Å². The fourth-order valence-electron chi connectivity index (χ4n) is 3.25. The Hall–Kier alpha value is -4.13. The van der Waals surface area contributed by atoms with E-state index in [1.54, 1.807) is 43.5 Å². The fourth-order valence-corrected chi connectivity index (χ4v) is 3.25. The van der Waals surface area contributed by atoms with Crippen LogP contribution in [0.25, 0.3) is 16.8 Å². The van der Waals surface area contributed by atoms with Gasteiger partial charge in [-0.25, -0.2) is 9.69 Å². The van der Waals surface area contributed by atoms with Crippen LogP contribution in [0, 0.1) is 0 Å². The third-order valence-corrected chi connectivity index (χ3v) is 4.75. The van der Waals surface area contributed by atoms with Gasteiger partial charge in [-0.2, -0.15) is 0 Å². The number of methoxy groups -OCH3 is 1. The maximum Gasteiger partial charge on any atom is 0.329 e. The maximum absolute atomic E-state index is 12.6. The zero-order valence-electron chi connectivity index (χ0n) is 16.2. The summed E-state index contributed by atoms with van der Waals surface area (Å²) in [5, 5.41) is 7.16. The molecule has 1 saturated heterocycles. The van der Waals surface area contributed by atoms with Crippen molar-refractivity contribution in [3.63, 3.8) is 0 Å². The minimum atomic E-state index is -0.632. The summed E-state index contributed by atoms with van der Waals surface area (Å²) < 4.78 is 5.10. The molecule has 0 aromatic heterocycles. The highest BCUT2D eigenvalue weighted by atomic mass is 16.5. The van der Waals surface area contributed by atoms with Gasteiger partial charge in [-0.05, 0) is 35.2 Å². The lowest BCUT2D eigenvalue weighted by atomic mass is 10.1. The van der Waals surface area contributed by atoms with Crippen LogP contribution in [0.2, 0.25) is 0 Å². The summed E-state index contributed by atoms with van der Waals surface area (Å²) >= 11 is 0. The van der Waals surface area contributed by atoms with Crippen LogP contribution in [0.5, 0.6) is 5.75 Å². The molecule has 3 aromatic rings. The Labute approximate surface area is 172 Å². The third-order valence-electron chi connectivity index (χ3n) is 4.75. The molecular weight excluding hydrogens is 382 g/mol. The Kier molecular flexibility index (Phi) is 5.17. The molecule has 4 amide bonds. The molecule has 0 aliphatic carbocycles. The van der Waals surface area contributed by atoms with Crippen LogP contribution in [-0.4, -0.2) is 36.4 Å². The van der Waals surface area contributed by atoms with E-state index in [2.05, 4.69) is 10.6 Å². The van der Waals surface area contributed by atoms with Crippen molar-refractivity contribution < 1.29 is 19.1 Å². The van der Waals surface area contributed by atoms with Gasteiger partial charge in [0.2, 0.25) is 5.91 Å². The Morgan fingerprint density at radius 1 is 1.03 bits per heavy atom. The first-order valence-electron chi connectivity index (χ1n) is 9.31. The number of amides is 4.